The van der Waals surface area contributed by atoms with Crippen LogP contribution in [0.15, 0.2) is 126 Å². The number of nitrogens with one attached hydrogen (secondary N) is 1. The quantitative estimate of drug-likeness (QED) is 0.261. The molecule has 4 aromatic carbocycles. The molecule has 3 unspecified atom stereocenters. The number of aromatic amines is 1. The van der Waals surface area contributed by atoms with Crippen molar-refractivity contribution in [2.75, 3.05) is 11.4 Å². The van der Waals surface area contributed by atoms with Crippen LogP contribution in [0.1, 0.15) is 23.1 Å². The van der Waals surface area contributed by atoms with E-state index in [1.807, 2.05) is 12.1 Å². The van der Waals surface area contributed by atoms with Crippen LogP contribution in [-0.2, 0) is 19.3 Å². The highest BCUT2D eigenvalue weighted by atomic mass is 16.1. The second kappa shape index (κ2) is 11.1. The van der Waals surface area contributed by atoms with Crippen LogP contribution in [0.5, 0.6) is 0 Å². The molecule has 6 rings (SSSR count). The summed E-state index contributed by atoms with van der Waals surface area (Å²) in [6.45, 7) is 0.999. The number of anilines is 1. The van der Waals surface area contributed by atoms with Crippen LogP contribution < -0.4 is 10.5 Å². The van der Waals surface area contributed by atoms with Gasteiger partial charge in [0.15, 0.2) is 0 Å². The van der Waals surface area contributed by atoms with Crippen molar-refractivity contribution in [3.05, 3.63) is 148 Å². The van der Waals surface area contributed by atoms with E-state index in [0.717, 1.165) is 43.1 Å². The van der Waals surface area contributed by atoms with Gasteiger partial charge < -0.3 is 9.88 Å². The van der Waals surface area contributed by atoms with Crippen molar-refractivity contribution < 1.29 is 0 Å². The Morgan fingerprint density at radius 3 is 1.89 bits per heavy atom. The zero-order chi connectivity index (χ0) is 25.7. The molecule has 1 saturated heterocycles. The number of aromatic nitrogens is 1. The molecule has 1 fully saturated rings. The molecular weight excluding hydrogens is 464 g/mol. The SMILES string of the molecule is O=c1ccc2c(N3CCC(Cc4ccccc4)C(Cc4ccccc4)C3Cc3ccccc3)cccc2[nH]1. The van der Waals surface area contributed by atoms with Crippen molar-refractivity contribution >= 4 is 16.6 Å². The molecule has 0 radical (unpaired) electrons. The minimum atomic E-state index is -0.0565. The molecule has 1 aliphatic rings. The fourth-order valence-corrected chi connectivity index (χ4v) is 6.43. The van der Waals surface area contributed by atoms with E-state index in [1.54, 1.807) is 6.07 Å². The highest BCUT2D eigenvalue weighted by Crippen LogP contribution is 2.40. The molecule has 0 aliphatic carbocycles. The van der Waals surface area contributed by atoms with Crippen molar-refractivity contribution in [3.63, 3.8) is 0 Å². The number of fused-ring (bicyclic) bond motifs is 1. The number of piperidine rings is 1. The monoisotopic (exact) mass is 498 g/mol. The number of rotatable bonds is 7. The average molecular weight is 499 g/mol. The van der Waals surface area contributed by atoms with Crippen molar-refractivity contribution in [2.45, 2.75) is 31.7 Å². The maximum absolute atomic E-state index is 12.1. The van der Waals surface area contributed by atoms with Gasteiger partial charge in [-0.15, -0.1) is 0 Å². The molecule has 1 N–H and O–H groups in total. The van der Waals surface area contributed by atoms with E-state index in [4.69, 9.17) is 0 Å². The van der Waals surface area contributed by atoms with Gasteiger partial charge >= 0.3 is 0 Å². The molecule has 3 atom stereocenters. The van der Waals surface area contributed by atoms with Crippen LogP contribution in [0.25, 0.3) is 10.9 Å². The van der Waals surface area contributed by atoms with Crippen molar-refractivity contribution in [1.29, 1.82) is 0 Å². The van der Waals surface area contributed by atoms with Crippen LogP contribution in [0.4, 0.5) is 5.69 Å². The van der Waals surface area contributed by atoms with Gasteiger partial charge in [-0.25, -0.2) is 0 Å². The highest BCUT2D eigenvalue weighted by Gasteiger charge is 2.38. The molecule has 38 heavy (non-hydrogen) atoms. The third-order valence-corrected chi connectivity index (χ3v) is 8.24. The molecular formula is C35H34N2O. The van der Waals surface area contributed by atoms with Crippen LogP contribution >= 0.6 is 0 Å². The summed E-state index contributed by atoms with van der Waals surface area (Å²) < 4.78 is 0. The van der Waals surface area contributed by atoms with E-state index in [2.05, 4.69) is 113 Å². The average Bonchev–Trinajstić information content (AvgIpc) is 2.96. The lowest BCUT2D eigenvalue weighted by molar-refractivity contribution is 0.213. The minimum absolute atomic E-state index is 0.0565. The number of nitrogens with zero attached hydrogens (tertiary/aromatic N) is 1. The zero-order valence-electron chi connectivity index (χ0n) is 21.7. The molecule has 0 bridgehead atoms. The molecule has 3 heteroatoms. The second-order valence-electron chi connectivity index (χ2n) is 10.6. The van der Waals surface area contributed by atoms with E-state index < -0.39 is 0 Å². The van der Waals surface area contributed by atoms with Crippen molar-refractivity contribution in [1.82, 2.24) is 4.98 Å². The summed E-state index contributed by atoms with van der Waals surface area (Å²) in [6.07, 6.45) is 4.27. The Hall–Kier alpha value is -4.11. The largest absolute Gasteiger partial charge is 0.367 e. The van der Waals surface area contributed by atoms with Crippen LogP contribution in [0.2, 0.25) is 0 Å². The summed E-state index contributed by atoms with van der Waals surface area (Å²) in [7, 11) is 0. The molecule has 0 saturated carbocycles. The minimum Gasteiger partial charge on any atom is -0.367 e. The van der Waals surface area contributed by atoms with Gasteiger partial charge in [0.05, 0.1) is 5.52 Å². The second-order valence-corrected chi connectivity index (χ2v) is 10.6. The maximum Gasteiger partial charge on any atom is 0.248 e. The molecule has 1 aromatic heterocycles. The summed E-state index contributed by atoms with van der Waals surface area (Å²) in [5, 5.41) is 1.12. The predicted molar refractivity (Wildman–Crippen MR) is 158 cm³/mol. The predicted octanol–water partition coefficient (Wildman–Crippen LogP) is 7.07. The zero-order valence-corrected chi connectivity index (χ0v) is 21.7. The maximum atomic E-state index is 12.1. The fraction of sp³-hybridized carbons (Fsp3) is 0.229. The van der Waals surface area contributed by atoms with E-state index in [1.165, 1.54) is 22.4 Å². The molecule has 190 valence electrons. The number of H-pyrrole nitrogens is 1. The first kappa shape index (κ1) is 24.2. The van der Waals surface area contributed by atoms with Crippen LogP contribution in [0, 0.1) is 11.8 Å². The van der Waals surface area contributed by atoms with Crippen molar-refractivity contribution in [2.24, 2.45) is 11.8 Å². The fourth-order valence-electron chi connectivity index (χ4n) is 6.43. The lowest BCUT2D eigenvalue weighted by Gasteiger charge is -2.48. The molecule has 0 spiro atoms. The Balaban J connectivity index is 1.44. The lowest BCUT2D eigenvalue weighted by Crippen LogP contribution is -2.52. The molecule has 1 aliphatic heterocycles. The van der Waals surface area contributed by atoms with Crippen LogP contribution in [0.3, 0.4) is 0 Å². The Bertz CT molecular complexity index is 1530. The Morgan fingerprint density at radius 1 is 0.632 bits per heavy atom. The standard InChI is InChI=1S/C35H34N2O/c38-35-20-19-30-32(36-35)17-10-18-33(30)37-22-21-29(23-26-11-4-1-5-12-26)31(24-27-13-6-2-7-14-27)34(37)25-28-15-8-3-9-16-28/h1-20,29,31,34H,21-25H2,(H,36,38). The topological polar surface area (TPSA) is 36.1 Å². The van der Waals surface area contributed by atoms with Gasteiger partial charge in [-0.1, -0.05) is 97.1 Å². The van der Waals surface area contributed by atoms with Gasteiger partial charge in [0, 0.05) is 29.7 Å². The Labute approximate surface area is 224 Å². The summed E-state index contributed by atoms with van der Waals surface area (Å²) >= 11 is 0. The Kier molecular flexibility index (Phi) is 7.08. The van der Waals surface area contributed by atoms with Gasteiger partial charge in [0.25, 0.3) is 0 Å². The van der Waals surface area contributed by atoms with Gasteiger partial charge in [-0.3, -0.25) is 4.79 Å². The molecule has 0 amide bonds. The lowest BCUT2D eigenvalue weighted by atomic mass is 9.71. The Morgan fingerprint density at radius 2 is 1.24 bits per heavy atom. The smallest absolute Gasteiger partial charge is 0.248 e. The molecule has 2 heterocycles. The first-order valence-electron chi connectivity index (χ1n) is 13.7. The number of hydrogen-bond acceptors (Lipinski definition) is 2. The normalized spacial score (nSPS) is 19.5. The molecule has 5 aromatic rings. The summed E-state index contributed by atoms with van der Waals surface area (Å²) in [6, 6.07) is 43.2. The van der Waals surface area contributed by atoms with E-state index in [-0.39, 0.29) is 5.56 Å². The first-order chi connectivity index (χ1) is 18.7. The number of hydrogen-bond donors (Lipinski definition) is 1. The summed E-state index contributed by atoms with van der Waals surface area (Å²) in [5.41, 5.74) is 6.26. The van der Waals surface area contributed by atoms with E-state index >= 15 is 0 Å². The first-order valence-corrected chi connectivity index (χ1v) is 13.7. The van der Waals surface area contributed by atoms with E-state index in [9.17, 15) is 4.79 Å². The van der Waals surface area contributed by atoms with Crippen LogP contribution in [-0.4, -0.2) is 17.6 Å². The van der Waals surface area contributed by atoms with Gasteiger partial charge in [0.1, 0.15) is 0 Å². The van der Waals surface area contributed by atoms with Gasteiger partial charge in [-0.05, 0) is 72.4 Å². The third kappa shape index (κ3) is 5.28. The third-order valence-electron chi connectivity index (χ3n) is 8.24. The molecule has 3 nitrogen and oxygen atoms in total. The summed E-state index contributed by atoms with van der Waals surface area (Å²) in [4.78, 5) is 17.8. The summed E-state index contributed by atoms with van der Waals surface area (Å²) in [5.74, 6) is 1.06. The number of pyridine rings is 1. The van der Waals surface area contributed by atoms with E-state index in [0.29, 0.717) is 17.9 Å². The number of benzene rings is 4. The van der Waals surface area contributed by atoms with Gasteiger partial charge in [0.2, 0.25) is 5.56 Å². The van der Waals surface area contributed by atoms with Crippen molar-refractivity contribution in [3.8, 4) is 0 Å². The highest BCUT2D eigenvalue weighted by molar-refractivity contribution is 5.92. The van der Waals surface area contributed by atoms with Gasteiger partial charge in [-0.2, -0.15) is 0 Å².